The van der Waals surface area contributed by atoms with E-state index in [4.69, 9.17) is 0 Å². The highest BCUT2D eigenvalue weighted by atomic mass is 16.1. The summed E-state index contributed by atoms with van der Waals surface area (Å²) in [6.45, 7) is 3.73. The van der Waals surface area contributed by atoms with Crippen molar-refractivity contribution in [1.29, 1.82) is 0 Å². The molecule has 118 valence electrons. The fourth-order valence-corrected chi connectivity index (χ4v) is 2.00. The first-order chi connectivity index (χ1) is 10.3. The van der Waals surface area contributed by atoms with Crippen molar-refractivity contribution in [3.63, 3.8) is 0 Å². The maximum absolute atomic E-state index is 12.4. The van der Waals surface area contributed by atoms with Gasteiger partial charge in [0.1, 0.15) is 0 Å². The number of anilines is 1. The normalized spacial score (nSPS) is 13.0. The number of benzene rings is 1. The minimum Gasteiger partial charge on any atom is -0.378 e. The second-order valence-corrected chi connectivity index (χ2v) is 5.45. The molecule has 0 heterocycles. The summed E-state index contributed by atoms with van der Waals surface area (Å²) in [6, 6.07) is 7.56. The van der Waals surface area contributed by atoms with Crippen LogP contribution in [-0.2, 0) is 4.79 Å². The van der Waals surface area contributed by atoms with E-state index in [1.165, 1.54) is 6.08 Å². The number of hydrogen-bond acceptors (Lipinski definition) is 3. The number of nitrogens with one attached hydrogen (secondary N) is 1. The topological polar surface area (TPSA) is 49.4 Å². The van der Waals surface area contributed by atoms with E-state index < -0.39 is 0 Å². The second-order valence-electron chi connectivity index (χ2n) is 5.45. The van der Waals surface area contributed by atoms with Crippen LogP contribution in [0.15, 0.2) is 48.1 Å². The van der Waals surface area contributed by atoms with E-state index in [0.29, 0.717) is 5.56 Å². The van der Waals surface area contributed by atoms with Crippen molar-refractivity contribution < 1.29 is 9.59 Å². The Morgan fingerprint density at radius 3 is 2.23 bits per heavy atom. The molecule has 0 aromatic heterocycles. The molecular formula is C18H24N2O2. The zero-order valence-corrected chi connectivity index (χ0v) is 13.9. The van der Waals surface area contributed by atoms with Crippen LogP contribution < -0.4 is 10.2 Å². The predicted molar refractivity (Wildman–Crippen MR) is 91.2 cm³/mol. The van der Waals surface area contributed by atoms with Gasteiger partial charge >= 0.3 is 0 Å². The quantitative estimate of drug-likeness (QED) is 0.499. The SMILES string of the molecule is CNC(=O)/C=C/C(C)=C/[C@H](C)C(=O)c1ccc(N(C)C)cc1. The molecular weight excluding hydrogens is 276 g/mol. The van der Waals surface area contributed by atoms with Gasteiger partial charge in [-0.3, -0.25) is 9.59 Å². The van der Waals surface area contributed by atoms with Gasteiger partial charge in [0.25, 0.3) is 0 Å². The van der Waals surface area contributed by atoms with Gasteiger partial charge in [0.15, 0.2) is 5.78 Å². The van der Waals surface area contributed by atoms with Crippen molar-refractivity contribution >= 4 is 17.4 Å². The van der Waals surface area contributed by atoms with Gasteiger partial charge in [-0.25, -0.2) is 0 Å². The van der Waals surface area contributed by atoms with Crippen molar-refractivity contribution in [2.24, 2.45) is 5.92 Å². The van der Waals surface area contributed by atoms with E-state index in [9.17, 15) is 9.59 Å². The molecule has 0 fully saturated rings. The van der Waals surface area contributed by atoms with E-state index >= 15 is 0 Å². The van der Waals surface area contributed by atoms with Crippen LogP contribution in [0.3, 0.4) is 0 Å². The van der Waals surface area contributed by atoms with Crippen LogP contribution in [-0.4, -0.2) is 32.8 Å². The fraction of sp³-hybridized carbons (Fsp3) is 0.333. The molecule has 4 nitrogen and oxygen atoms in total. The molecule has 0 aliphatic heterocycles. The summed E-state index contributed by atoms with van der Waals surface area (Å²) < 4.78 is 0. The lowest BCUT2D eigenvalue weighted by molar-refractivity contribution is -0.116. The molecule has 1 N–H and O–H groups in total. The first-order valence-corrected chi connectivity index (χ1v) is 7.25. The lowest BCUT2D eigenvalue weighted by Gasteiger charge is -2.13. The molecule has 0 saturated carbocycles. The lowest BCUT2D eigenvalue weighted by atomic mass is 9.97. The Balaban J connectivity index is 2.79. The van der Waals surface area contributed by atoms with E-state index in [1.54, 1.807) is 13.1 Å². The number of allylic oxidation sites excluding steroid dienone is 3. The van der Waals surface area contributed by atoms with Gasteiger partial charge in [0, 0.05) is 44.4 Å². The summed E-state index contributed by atoms with van der Waals surface area (Å²) in [4.78, 5) is 25.5. The molecule has 1 amide bonds. The largest absolute Gasteiger partial charge is 0.378 e. The number of carbonyl (C=O) groups is 2. The number of carbonyl (C=O) groups excluding carboxylic acids is 2. The van der Waals surface area contributed by atoms with Gasteiger partial charge in [-0.1, -0.05) is 24.6 Å². The molecule has 0 saturated heterocycles. The van der Waals surface area contributed by atoms with Crippen molar-refractivity contribution in [3.05, 3.63) is 53.6 Å². The van der Waals surface area contributed by atoms with Gasteiger partial charge in [0.05, 0.1) is 0 Å². The molecule has 0 aliphatic rings. The predicted octanol–water partition coefficient (Wildman–Crippen LogP) is 2.82. The van der Waals surface area contributed by atoms with Crippen molar-refractivity contribution in [3.8, 4) is 0 Å². The fourth-order valence-electron chi connectivity index (χ4n) is 2.00. The number of rotatable bonds is 6. The summed E-state index contributed by atoms with van der Waals surface area (Å²) in [6.07, 6.45) is 5.02. The molecule has 0 spiro atoms. The van der Waals surface area contributed by atoms with Crippen molar-refractivity contribution in [1.82, 2.24) is 5.32 Å². The Labute approximate surface area is 132 Å². The summed E-state index contributed by atoms with van der Waals surface area (Å²) in [5.41, 5.74) is 2.64. The van der Waals surface area contributed by atoms with Crippen LogP contribution in [0.1, 0.15) is 24.2 Å². The Bertz CT molecular complexity index is 584. The Kier molecular flexibility index (Phi) is 6.57. The maximum atomic E-state index is 12.4. The Morgan fingerprint density at radius 2 is 1.73 bits per heavy atom. The molecule has 22 heavy (non-hydrogen) atoms. The summed E-state index contributed by atoms with van der Waals surface area (Å²) in [5, 5.41) is 2.51. The second kappa shape index (κ2) is 8.17. The van der Waals surface area contributed by atoms with Gasteiger partial charge in [-0.15, -0.1) is 0 Å². The van der Waals surface area contributed by atoms with E-state index in [0.717, 1.165) is 11.3 Å². The van der Waals surface area contributed by atoms with Crippen molar-refractivity contribution in [2.75, 3.05) is 26.0 Å². The molecule has 1 aromatic carbocycles. The minimum absolute atomic E-state index is 0.0676. The van der Waals surface area contributed by atoms with E-state index in [-0.39, 0.29) is 17.6 Å². The maximum Gasteiger partial charge on any atom is 0.243 e. The zero-order chi connectivity index (χ0) is 16.7. The summed E-state index contributed by atoms with van der Waals surface area (Å²) in [7, 11) is 5.50. The number of hydrogen-bond donors (Lipinski definition) is 1. The lowest BCUT2D eigenvalue weighted by Crippen LogP contribution is -2.14. The molecule has 0 unspecified atom stereocenters. The molecule has 0 radical (unpaired) electrons. The average molecular weight is 300 g/mol. The van der Waals surface area contributed by atoms with Gasteiger partial charge < -0.3 is 10.2 Å². The number of likely N-dealkylation sites (N-methyl/N-ethyl adjacent to an activating group) is 1. The highest BCUT2D eigenvalue weighted by molar-refractivity contribution is 5.99. The number of amides is 1. The van der Waals surface area contributed by atoms with Crippen LogP contribution in [0.5, 0.6) is 0 Å². The Hall–Kier alpha value is -2.36. The van der Waals surface area contributed by atoms with Crippen LogP contribution in [0.2, 0.25) is 0 Å². The molecule has 0 aliphatic carbocycles. The monoisotopic (exact) mass is 300 g/mol. The highest BCUT2D eigenvalue weighted by Crippen LogP contribution is 2.17. The standard InChI is InChI=1S/C18H24N2O2/c1-13(6-11-17(21)19-3)12-14(2)18(22)15-7-9-16(10-8-15)20(4)5/h6-12,14H,1-5H3,(H,19,21)/b11-6+,13-12+/t14-/m0/s1. The van der Waals surface area contributed by atoms with Gasteiger partial charge in [-0.2, -0.15) is 0 Å². The Morgan fingerprint density at radius 1 is 1.14 bits per heavy atom. The van der Waals surface area contributed by atoms with E-state index in [2.05, 4.69) is 5.32 Å². The molecule has 1 aromatic rings. The third-order valence-electron chi connectivity index (χ3n) is 3.34. The van der Waals surface area contributed by atoms with Crippen LogP contribution in [0.4, 0.5) is 5.69 Å². The summed E-state index contributed by atoms with van der Waals surface area (Å²) >= 11 is 0. The van der Waals surface area contributed by atoms with Crippen LogP contribution >= 0.6 is 0 Å². The van der Waals surface area contributed by atoms with E-state index in [1.807, 2.05) is 63.2 Å². The molecule has 4 heteroatoms. The average Bonchev–Trinajstić information content (AvgIpc) is 2.51. The third kappa shape index (κ3) is 5.20. The molecule has 0 bridgehead atoms. The third-order valence-corrected chi connectivity index (χ3v) is 3.34. The van der Waals surface area contributed by atoms with Gasteiger partial charge in [-0.05, 0) is 31.2 Å². The smallest absolute Gasteiger partial charge is 0.243 e. The number of nitrogens with zero attached hydrogens (tertiary/aromatic N) is 1. The van der Waals surface area contributed by atoms with Gasteiger partial charge in [0.2, 0.25) is 5.91 Å². The van der Waals surface area contributed by atoms with Crippen molar-refractivity contribution in [2.45, 2.75) is 13.8 Å². The number of ketones is 1. The first kappa shape index (κ1) is 17.7. The highest BCUT2D eigenvalue weighted by Gasteiger charge is 2.13. The minimum atomic E-state index is -0.237. The molecule has 1 rings (SSSR count). The number of Topliss-reactive ketones (excluding diaryl/α,β-unsaturated/α-hetero) is 1. The first-order valence-electron chi connectivity index (χ1n) is 7.25. The van der Waals surface area contributed by atoms with Crippen LogP contribution in [0, 0.1) is 5.92 Å². The van der Waals surface area contributed by atoms with Crippen LogP contribution in [0.25, 0.3) is 0 Å². The summed E-state index contributed by atoms with van der Waals surface area (Å²) in [5.74, 6) is -0.330. The molecule has 1 atom stereocenters. The zero-order valence-electron chi connectivity index (χ0n) is 13.9.